The maximum Gasteiger partial charge on any atom is 0.168 e. The molecule has 1 atom stereocenters. The highest BCUT2D eigenvalue weighted by Gasteiger charge is 2.10. The van der Waals surface area contributed by atoms with Gasteiger partial charge in [0.05, 0.1) is 12.6 Å². The molecule has 0 radical (unpaired) electrons. The Balaban J connectivity index is 2.24. The number of tetrazole rings is 1. The second-order valence-corrected chi connectivity index (χ2v) is 3.97. The van der Waals surface area contributed by atoms with E-state index >= 15 is 0 Å². The predicted molar refractivity (Wildman–Crippen MR) is 60.7 cm³/mol. The molecule has 0 aliphatic heterocycles. The first kappa shape index (κ1) is 10.8. The average Bonchev–Trinajstić information content (AvgIpc) is 2.66. The third-order valence-corrected chi connectivity index (χ3v) is 2.38. The third kappa shape index (κ3) is 2.25. The summed E-state index contributed by atoms with van der Waals surface area (Å²) in [6.45, 7) is 4.60. The molecule has 0 aliphatic rings. The van der Waals surface area contributed by atoms with Gasteiger partial charge in [-0.3, -0.25) is 0 Å². The minimum absolute atomic E-state index is 0.153. The summed E-state index contributed by atoms with van der Waals surface area (Å²) < 4.78 is 1.74. The lowest BCUT2D eigenvalue weighted by Gasteiger charge is -2.07. The van der Waals surface area contributed by atoms with Gasteiger partial charge in [0.15, 0.2) is 5.82 Å². The van der Waals surface area contributed by atoms with Crippen LogP contribution in [0.5, 0.6) is 0 Å². The summed E-state index contributed by atoms with van der Waals surface area (Å²) in [5, 5.41) is 11.5. The van der Waals surface area contributed by atoms with Crippen LogP contribution in [0.3, 0.4) is 0 Å². The smallest absolute Gasteiger partial charge is 0.168 e. The van der Waals surface area contributed by atoms with Gasteiger partial charge in [-0.15, -0.1) is 5.10 Å². The molecule has 1 aromatic carbocycles. The molecule has 1 unspecified atom stereocenters. The highest BCUT2D eigenvalue weighted by molar-refractivity contribution is 5.22. The van der Waals surface area contributed by atoms with Gasteiger partial charge in [0, 0.05) is 0 Å². The molecule has 0 saturated carbocycles. The quantitative estimate of drug-likeness (QED) is 0.834. The molecule has 0 bridgehead atoms. The Morgan fingerprint density at radius 1 is 1.44 bits per heavy atom. The van der Waals surface area contributed by atoms with Crippen molar-refractivity contribution in [3.05, 3.63) is 41.2 Å². The molecular weight excluding hydrogens is 202 g/mol. The van der Waals surface area contributed by atoms with Crippen LogP contribution < -0.4 is 5.73 Å². The Bertz CT molecular complexity index is 475. The second kappa shape index (κ2) is 4.40. The van der Waals surface area contributed by atoms with Gasteiger partial charge >= 0.3 is 0 Å². The summed E-state index contributed by atoms with van der Waals surface area (Å²) in [5.41, 5.74) is 8.18. The van der Waals surface area contributed by atoms with Crippen molar-refractivity contribution >= 4 is 0 Å². The third-order valence-electron chi connectivity index (χ3n) is 2.38. The topological polar surface area (TPSA) is 69.6 Å². The molecule has 0 saturated heterocycles. The van der Waals surface area contributed by atoms with E-state index in [1.165, 1.54) is 11.1 Å². The summed E-state index contributed by atoms with van der Waals surface area (Å²) >= 11 is 0. The fraction of sp³-hybridized carbons (Fsp3) is 0.364. The van der Waals surface area contributed by atoms with Crippen molar-refractivity contribution in [2.45, 2.75) is 26.4 Å². The van der Waals surface area contributed by atoms with Crippen LogP contribution >= 0.6 is 0 Å². The van der Waals surface area contributed by atoms with Crippen molar-refractivity contribution in [2.24, 2.45) is 5.73 Å². The summed E-state index contributed by atoms with van der Waals surface area (Å²) in [6.07, 6.45) is 0. The highest BCUT2D eigenvalue weighted by Crippen LogP contribution is 2.09. The Hall–Kier alpha value is -1.75. The van der Waals surface area contributed by atoms with Crippen molar-refractivity contribution in [3.63, 3.8) is 0 Å². The van der Waals surface area contributed by atoms with E-state index in [1.807, 2.05) is 13.0 Å². The maximum absolute atomic E-state index is 5.78. The zero-order valence-corrected chi connectivity index (χ0v) is 9.46. The van der Waals surface area contributed by atoms with Crippen molar-refractivity contribution in [1.82, 2.24) is 20.2 Å². The van der Waals surface area contributed by atoms with E-state index in [4.69, 9.17) is 5.73 Å². The summed E-state index contributed by atoms with van der Waals surface area (Å²) in [5.74, 6) is 0.710. The lowest BCUT2D eigenvalue weighted by molar-refractivity contribution is 0.587. The van der Waals surface area contributed by atoms with E-state index in [0.717, 1.165) is 0 Å². The lowest BCUT2D eigenvalue weighted by atomic mass is 10.1. The number of nitrogens with two attached hydrogens (primary N) is 1. The van der Waals surface area contributed by atoms with Crippen LogP contribution in [0.15, 0.2) is 24.3 Å². The van der Waals surface area contributed by atoms with Crippen LogP contribution in [0, 0.1) is 6.92 Å². The Morgan fingerprint density at radius 2 is 2.25 bits per heavy atom. The number of hydrogen-bond donors (Lipinski definition) is 1. The molecule has 0 aliphatic carbocycles. The van der Waals surface area contributed by atoms with Gasteiger partial charge < -0.3 is 5.73 Å². The van der Waals surface area contributed by atoms with E-state index in [0.29, 0.717) is 12.4 Å². The molecule has 1 aromatic heterocycles. The molecule has 0 amide bonds. The molecule has 5 nitrogen and oxygen atoms in total. The molecular formula is C11H15N5. The highest BCUT2D eigenvalue weighted by atomic mass is 15.5. The zero-order chi connectivity index (χ0) is 11.5. The second-order valence-electron chi connectivity index (χ2n) is 3.97. The summed E-state index contributed by atoms with van der Waals surface area (Å²) in [6, 6.07) is 8.11. The van der Waals surface area contributed by atoms with Crippen LogP contribution in [0.4, 0.5) is 0 Å². The van der Waals surface area contributed by atoms with Crippen molar-refractivity contribution < 1.29 is 0 Å². The number of aryl methyl sites for hydroxylation is 1. The van der Waals surface area contributed by atoms with Crippen molar-refractivity contribution in [2.75, 3.05) is 0 Å². The fourth-order valence-electron chi connectivity index (χ4n) is 1.63. The first-order valence-electron chi connectivity index (χ1n) is 5.24. The van der Waals surface area contributed by atoms with Crippen LogP contribution in [-0.2, 0) is 6.54 Å². The number of rotatable bonds is 3. The normalized spacial score (nSPS) is 12.7. The molecule has 0 fully saturated rings. The number of benzene rings is 1. The van der Waals surface area contributed by atoms with Crippen LogP contribution in [0.25, 0.3) is 0 Å². The monoisotopic (exact) mass is 217 g/mol. The average molecular weight is 217 g/mol. The van der Waals surface area contributed by atoms with Crippen LogP contribution in [0.1, 0.15) is 29.9 Å². The van der Waals surface area contributed by atoms with E-state index in [2.05, 4.69) is 40.6 Å². The minimum Gasteiger partial charge on any atom is -0.322 e. The SMILES string of the molecule is Cc1cccc(Cn2nnnc2C(C)N)c1. The van der Waals surface area contributed by atoms with Gasteiger partial charge in [-0.2, -0.15) is 0 Å². The van der Waals surface area contributed by atoms with Gasteiger partial charge in [-0.05, 0) is 29.8 Å². The van der Waals surface area contributed by atoms with Gasteiger partial charge in [0.2, 0.25) is 0 Å². The minimum atomic E-state index is -0.153. The molecule has 0 spiro atoms. The predicted octanol–water partition coefficient (Wildman–Crippen LogP) is 1.05. The largest absolute Gasteiger partial charge is 0.322 e. The molecule has 2 N–H and O–H groups in total. The van der Waals surface area contributed by atoms with Crippen LogP contribution in [-0.4, -0.2) is 20.2 Å². The van der Waals surface area contributed by atoms with E-state index < -0.39 is 0 Å². The van der Waals surface area contributed by atoms with Gasteiger partial charge in [-0.1, -0.05) is 29.8 Å². The lowest BCUT2D eigenvalue weighted by Crippen LogP contribution is -2.15. The van der Waals surface area contributed by atoms with Gasteiger partial charge in [-0.25, -0.2) is 4.68 Å². The van der Waals surface area contributed by atoms with Gasteiger partial charge in [0.1, 0.15) is 0 Å². The summed E-state index contributed by atoms with van der Waals surface area (Å²) in [4.78, 5) is 0. The molecule has 1 heterocycles. The number of hydrogen-bond acceptors (Lipinski definition) is 4. The maximum atomic E-state index is 5.78. The number of nitrogens with zero attached hydrogens (tertiary/aromatic N) is 4. The Kier molecular flexibility index (Phi) is 2.96. The Labute approximate surface area is 94.3 Å². The molecule has 2 rings (SSSR count). The fourth-order valence-corrected chi connectivity index (χ4v) is 1.63. The molecule has 2 aromatic rings. The zero-order valence-electron chi connectivity index (χ0n) is 9.46. The Morgan fingerprint density at radius 3 is 2.94 bits per heavy atom. The molecule has 5 heteroatoms. The van der Waals surface area contributed by atoms with E-state index in [1.54, 1.807) is 4.68 Å². The van der Waals surface area contributed by atoms with E-state index in [-0.39, 0.29) is 6.04 Å². The standard InChI is InChI=1S/C11H15N5/c1-8-4-3-5-10(6-8)7-16-11(9(2)12)13-14-15-16/h3-6,9H,7,12H2,1-2H3. The van der Waals surface area contributed by atoms with E-state index in [9.17, 15) is 0 Å². The summed E-state index contributed by atoms with van der Waals surface area (Å²) in [7, 11) is 0. The van der Waals surface area contributed by atoms with Crippen molar-refractivity contribution in [3.8, 4) is 0 Å². The first-order valence-corrected chi connectivity index (χ1v) is 5.24. The molecule has 84 valence electrons. The molecule has 16 heavy (non-hydrogen) atoms. The number of aromatic nitrogens is 4. The van der Waals surface area contributed by atoms with Gasteiger partial charge in [0.25, 0.3) is 0 Å². The first-order chi connectivity index (χ1) is 7.66. The van der Waals surface area contributed by atoms with Crippen molar-refractivity contribution in [1.29, 1.82) is 0 Å². The van der Waals surface area contributed by atoms with Crippen LogP contribution in [0.2, 0.25) is 0 Å².